The van der Waals surface area contributed by atoms with Crippen molar-refractivity contribution in [1.82, 2.24) is 0 Å². The highest BCUT2D eigenvalue weighted by Gasteiger charge is 2.28. The normalized spacial score (nSPS) is 11.4. The van der Waals surface area contributed by atoms with E-state index in [-0.39, 0.29) is 5.60 Å². The Balaban J connectivity index is 4.60. The Labute approximate surface area is 94.5 Å². The molecule has 1 nitrogen and oxygen atoms in total. The molecule has 0 aliphatic heterocycles. The lowest BCUT2D eigenvalue weighted by Crippen LogP contribution is -2.33. The van der Waals surface area contributed by atoms with Crippen LogP contribution in [0.3, 0.4) is 0 Å². The van der Waals surface area contributed by atoms with Crippen LogP contribution in [0.5, 0.6) is 0 Å². The summed E-state index contributed by atoms with van der Waals surface area (Å²) in [6, 6.07) is 0. The lowest BCUT2D eigenvalue weighted by Gasteiger charge is -2.33. The quantitative estimate of drug-likeness (QED) is 0.518. The van der Waals surface area contributed by atoms with E-state index in [0.29, 0.717) is 12.5 Å². The predicted octanol–water partition coefficient (Wildman–Crippen LogP) is 4.13. The van der Waals surface area contributed by atoms with Crippen LogP contribution in [0.25, 0.3) is 0 Å². The summed E-state index contributed by atoms with van der Waals surface area (Å²) in [6.45, 7) is 16.3. The fourth-order valence-electron chi connectivity index (χ4n) is 1.93. The van der Waals surface area contributed by atoms with E-state index in [1.54, 1.807) is 6.08 Å². The van der Waals surface area contributed by atoms with Gasteiger partial charge in [-0.3, -0.25) is 0 Å². The van der Waals surface area contributed by atoms with Crippen molar-refractivity contribution in [3.05, 3.63) is 38.0 Å². The fourth-order valence-corrected chi connectivity index (χ4v) is 1.93. The van der Waals surface area contributed by atoms with Crippen LogP contribution in [-0.4, -0.2) is 12.2 Å². The second-order valence-corrected chi connectivity index (χ2v) is 4.37. The van der Waals surface area contributed by atoms with Gasteiger partial charge in [-0.25, -0.2) is 0 Å². The van der Waals surface area contributed by atoms with Crippen molar-refractivity contribution in [2.45, 2.75) is 38.7 Å². The first-order valence-electron chi connectivity index (χ1n) is 5.57. The van der Waals surface area contributed by atoms with Gasteiger partial charge in [-0.05, 0) is 25.2 Å². The van der Waals surface area contributed by atoms with Gasteiger partial charge in [0.1, 0.15) is 0 Å². The van der Waals surface area contributed by atoms with Gasteiger partial charge in [-0.1, -0.05) is 32.1 Å². The molecule has 0 aromatic heterocycles. The largest absolute Gasteiger partial charge is 0.370 e. The summed E-state index contributed by atoms with van der Waals surface area (Å²) in [4.78, 5) is 0. The predicted molar refractivity (Wildman–Crippen MR) is 68.0 cm³/mol. The molecule has 1 heteroatoms. The van der Waals surface area contributed by atoms with Crippen molar-refractivity contribution >= 4 is 0 Å². The van der Waals surface area contributed by atoms with E-state index in [0.717, 1.165) is 19.3 Å². The van der Waals surface area contributed by atoms with E-state index < -0.39 is 0 Å². The standard InChI is InChI=1S/C14H24O/c1-6-9-14(10-7-2,12-13(4)5)15-11-8-3/h6-8,13H,1-3,9-12H2,4-5H3. The van der Waals surface area contributed by atoms with E-state index in [4.69, 9.17) is 4.74 Å². The van der Waals surface area contributed by atoms with Gasteiger partial charge < -0.3 is 4.74 Å². The Morgan fingerprint density at radius 1 is 1.07 bits per heavy atom. The molecular formula is C14H24O. The summed E-state index contributed by atoms with van der Waals surface area (Å²) < 4.78 is 5.91. The van der Waals surface area contributed by atoms with Crippen LogP contribution in [-0.2, 0) is 4.74 Å². The Hall–Kier alpha value is -0.820. The molecule has 0 saturated carbocycles. The average Bonchev–Trinajstić information content (AvgIpc) is 2.14. The molecule has 0 N–H and O–H groups in total. The third-order valence-corrected chi connectivity index (χ3v) is 2.32. The molecule has 86 valence electrons. The van der Waals surface area contributed by atoms with Crippen LogP contribution < -0.4 is 0 Å². The monoisotopic (exact) mass is 208 g/mol. The van der Waals surface area contributed by atoms with Crippen LogP contribution in [0.15, 0.2) is 38.0 Å². The number of rotatable bonds is 9. The van der Waals surface area contributed by atoms with Crippen molar-refractivity contribution in [3.63, 3.8) is 0 Å². The Morgan fingerprint density at radius 3 is 1.93 bits per heavy atom. The molecule has 0 unspecified atom stereocenters. The van der Waals surface area contributed by atoms with Crippen molar-refractivity contribution in [1.29, 1.82) is 0 Å². The molecule has 0 rings (SSSR count). The lowest BCUT2D eigenvalue weighted by atomic mass is 9.86. The zero-order chi connectivity index (χ0) is 11.7. The van der Waals surface area contributed by atoms with Gasteiger partial charge in [0.2, 0.25) is 0 Å². The van der Waals surface area contributed by atoms with Gasteiger partial charge in [0, 0.05) is 0 Å². The van der Waals surface area contributed by atoms with Gasteiger partial charge in [-0.15, -0.1) is 19.7 Å². The Bertz CT molecular complexity index is 193. The van der Waals surface area contributed by atoms with E-state index in [1.165, 1.54) is 0 Å². The van der Waals surface area contributed by atoms with E-state index in [2.05, 4.69) is 33.6 Å². The third-order valence-electron chi connectivity index (χ3n) is 2.32. The highest BCUT2D eigenvalue weighted by molar-refractivity contribution is 4.94. The Kier molecular flexibility index (Phi) is 7.06. The smallest absolute Gasteiger partial charge is 0.0757 e. The van der Waals surface area contributed by atoms with Gasteiger partial charge in [0.05, 0.1) is 12.2 Å². The maximum atomic E-state index is 5.91. The molecular weight excluding hydrogens is 184 g/mol. The molecule has 0 aromatic rings. The molecule has 0 aliphatic rings. The first kappa shape index (κ1) is 14.2. The van der Waals surface area contributed by atoms with Crippen molar-refractivity contribution < 1.29 is 4.74 Å². The van der Waals surface area contributed by atoms with Crippen molar-refractivity contribution in [2.75, 3.05) is 6.61 Å². The summed E-state index contributed by atoms with van der Waals surface area (Å²) >= 11 is 0. The maximum Gasteiger partial charge on any atom is 0.0757 e. The lowest BCUT2D eigenvalue weighted by molar-refractivity contribution is -0.0412. The Morgan fingerprint density at radius 2 is 1.60 bits per heavy atom. The van der Waals surface area contributed by atoms with Crippen LogP contribution in [0.1, 0.15) is 33.1 Å². The van der Waals surface area contributed by atoms with Crippen LogP contribution >= 0.6 is 0 Å². The van der Waals surface area contributed by atoms with Gasteiger partial charge in [-0.2, -0.15) is 0 Å². The van der Waals surface area contributed by atoms with E-state index >= 15 is 0 Å². The number of hydrogen-bond donors (Lipinski definition) is 0. The number of ether oxygens (including phenoxy) is 1. The first-order valence-corrected chi connectivity index (χ1v) is 5.57. The van der Waals surface area contributed by atoms with Crippen molar-refractivity contribution in [2.24, 2.45) is 5.92 Å². The summed E-state index contributed by atoms with van der Waals surface area (Å²) in [7, 11) is 0. The maximum absolute atomic E-state index is 5.91. The number of hydrogen-bond acceptors (Lipinski definition) is 1. The van der Waals surface area contributed by atoms with Crippen LogP contribution in [0, 0.1) is 5.92 Å². The molecule has 0 atom stereocenters. The van der Waals surface area contributed by atoms with Gasteiger partial charge >= 0.3 is 0 Å². The molecule has 0 aliphatic carbocycles. The molecule has 15 heavy (non-hydrogen) atoms. The average molecular weight is 208 g/mol. The molecule has 0 bridgehead atoms. The molecule has 0 amide bonds. The highest BCUT2D eigenvalue weighted by Crippen LogP contribution is 2.29. The first-order chi connectivity index (χ1) is 7.10. The summed E-state index contributed by atoms with van der Waals surface area (Å²) in [5, 5.41) is 0. The summed E-state index contributed by atoms with van der Waals surface area (Å²) in [6.07, 6.45) is 8.40. The fraction of sp³-hybridized carbons (Fsp3) is 0.571. The molecule has 0 heterocycles. The minimum absolute atomic E-state index is 0.133. The highest BCUT2D eigenvalue weighted by atomic mass is 16.5. The third kappa shape index (κ3) is 5.58. The van der Waals surface area contributed by atoms with Gasteiger partial charge in [0.25, 0.3) is 0 Å². The summed E-state index contributed by atoms with van der Waals surface area (Å²) in [5.41, 5.74) is -0.133. The second-order valence-electron chi connectivity index (χ2n) is 4.37. The van der Waals surface area contributed by atoms with Crippen molar-refractivity contribution in [3.8, 4) is 0 Å². The molecule has 0 saturated heterocycles. The molecule has 0 spiro atoms. The molecule has 0 radical (unpaired) electrons. The van der Waals surface area contributed by atoms with Crippen LogP contribution in [0.4, 0.5) is 0 Å². The van der Waals surface area contributed by atoms with E-state index in [9.17, 15) is 0 Å². The molecule has 0 aromatic carbocycles. The topological polar surface area (TPSA) is 9.23 Å². The minimum atomic E-state index is -0.133. The SMILES string of the molecule is C=CCOC(CC=C)(CC=C)CC(C)C. The minimum Gasteiger partial charge on any atom is -0.370 e. The summed E-state index contributed by atoms with van der Waals surface area (Å²) in [5.74, 6) is 0.606. The van der Waals surface area contributed by atoms with Crippen LogP contribution in [0.2, 0.25) is 0 Å². The zero-order valence-corrected chi connectivity index (χ0v) is 10.2. The zero-order valence-electron chi connectivity index (χ0n) is 10.2. The molecule has 0 fully saturated rings. The second kappa shape index (κ2) is 7.47. The van der Waals surface area contributed by atoms with E-state index in [1.807, 2.05) is 12.2 Å². The van der Waals surface area contributed by atoms with Gasteiger partial charge in [0.15, 0.2) is 0 Å².